The van der Waals surface area contributed by atoms with Crippen molar-refractivity contribution in [3.05, 3.63) is 0 Å². The van der Waals surface area contributed by atoms with E-state index < -0.39 is 5.97 Å². The van der Waals surface area contributed by atoms with Gasteiger partial charge in [0.15, 0.2) is 0 Å². The molecular weight excluding hydrogens is 176 g/mol. The van der Waals surface area contributed by atoms with E-state index >= 15 is 0 Å². The third kappa shape index (κ3) is 1.27. The molecule has 0 spiro atoms. The Balaban J connectivity index is 2.15. The van der Waals surface area contributed by atoms with Crippen LogP contribution in [0, 0.1) is 29.1 Å². The zero-order chi connectivity index (χ0) is 10.5. The molecule has 0 aromatic rings. The molecular formula is C12H20O2. The van der Waals surface area contributed by atoms with E-state index in [2.05, 4.69) is 20.8 Å². The number of hydrogen-bond acceptors (Lipinski definition) is 1. The lowest BCUT2D eigenvalue weighted by molar-refractivity contribution is -0.141. The minimum Gasteiger partial charge on any atom is -0.481 e. The SMILES string of the molecule is CC1C2CC(C1C)C(C)(CC(=O)O)C2. The zero-order valence-corrected chi connectivity index (χ0v) is 9.29. The Morgan fingerprint density at radius 1 is 1.43 bits per heavy atom. The van der Waals surface area contributed by atoms with E-state index in [1.807, 2.05) is 0 Å². The molecule has 2 saturated carbocycles. The average Bonchev–Trinajstić information content (AvgIpc) is 2.49. The summed E-state index contributed by atoms with van der Waals surface area (Å²) in [5.41, 5.74) is 0.0857. The number of carboxylic acids is 1. The minimum atomic E-state index is -0.625. The van der Waals surface area contributed by atoms with Crippen LogP contribution in [0.2, 0.25) is 0 Å². The number of fused-ring (bicyclic) bond motifs is 2. The van der Waals surface area contributed by atoms with Gasteiger partial charge in [-0.15, -0.1) is 0 Å². The quantitative estimate of drug-likeness (QED) is 0.737. The van der Waals surface area contributed by atoms with Crippen molar-refractivity contribution in [2.45, 2.75) is 40.0 Å². The van der Waals surface area contributed by atoms with Crippen molar-refractivity contribution in [2.75, 3.05) is 0 Å². The molecule has 2 fully saturated rings. The topological polar surface area (TPSA) is 37.3 Å². The third-order valence-electron chi connectivity index (χ3n) is 4.94. The molecule has 80 valence electrons. The van der Waals surface area contributed by atoms with E-state index in [0.717, 1.165) is 24.2 Å². The molecule has 0 aromatic heterocycles. The lowest BCUT2D eigenvalue weighted by Gasteiger charge is -2.39. The summed E-state index contributed by atoms with van der Waals surface area (Å²) >= 11 is 0. The summed E-state index contributed by atoms with van der Waals surface area (Å²) in [7, 11) is 0. The van der Waals surface area contributed by atoms with Gasteiger partial charge >= 0.3 is 5.97 Å². The number of hydrogen-bond donors (Lipinski definition) is 1. The van der Waals surface area contributed by atoms with Crippen molar-refractivity contribution in [3.8, 4) is 0 Å². The van der Waals surface area contributed by atoms with Crippen LogP contribution in [-0.2, 0) is 4.79 Å². The van der Waals surface area contributed by atoms with E-state index in [1.165, 1.54) is 6.42 Å². The van der Waals surface area contributed by atoms with Crippen molar-refractivity contribution < 1.29 is 9.90 Å². The molecule has 2 rings (SSSR count). The van der Waals surface area contributed by atoms with E-state index in [0.29, 0.717) is 12.3 Å². The Kier molecular flexibility index (Phi) is 2.13. The lowest BCUT2D eigenvalue weighted by Crippen LogP contribution is -2.34. The van der Waals surface area contributed by atoms with Gasteiger partial charge in [0.1, 0.15) is 0 Å². The van der Waals surface area contributed by atoms with Crippen LogP contribution in [0.3, 0.4) is 0 Å². The number of aliphatic carboxylic acids is 1. The summed E-state index contributed by atoms with van der Waals surface area (Å²) in [5, 5.41) is 8.92. The smallest absolute Gasteiger partial charge is 0.303 e. The molecule has 14 heavy (non-hydrogen) atoms. The Labute approximate surface area is 85.7 Å². The fraction of sp³-hybridized carbons (Fsp3) is 0.917. The molecule has 0 saturated heterocycles. The van der Waals surface area contributed by atoms with Crippen LogP contribution in [0.4, 0.5) is 0 Å². The molecule has 2 aliphatic carbocycles. The van der Waals surface area contributed by atoms with Gasteiger partial charge in [0, 0.05) is 0 Å². The molecule has 5 unspecified atom stereocenters. The first-order valence-corrected chi connectivity index (χ1v) is 5.66. The van der Waals surface area contributed by atoms with Crippen LogP contribution < -0.4 is 0 Å². The van der Waals surface area contributed by atoms with Crippen LogP contribution in [-0.4, -0.2) is 11.1 Å². The van der Waals surface area contributed by atoms with Crippen LogP contribution in [0.1, 0.15) is 40.0 Å². The fourth-order valence-electron chi connectivity index (χ4n) is 4.04. The molecule has 0 aromatic carbocycles. The molecule has 2 heteroatoms. The van der Waals surface area contributed by atoms with Gasteiger partial charge in [0.05, 0.1) is 6.42 Å². The maximum Gasteiger partial charge on any atom is 0.303 e. The van der Waals surface area contributed by atoms with E-state index in [9.17, 15) is 4.79 Å². The second kappa shape index (κ2) is 2.98. The Hall–Kier alpha value is -0.530. The predicted molar refractivity (Wildman–Crippen MR) is 54.9 cm³/mol. The summed E-state index contributed by atoms with van der Waals surface area (Å²) < 4.78 is 0. The summed E-state index contributed by atoms with van der Waals surface area (Å²) in [6.07, 6.45) is 2.77. The Bertz CT molecular complexity index is 259. The fourth-order valence-corrected chi connectivity index (χ4v) is 4.04. The normalized spacial score (nSPS) is 51.1. The number of carbonyl (C=O) groups is 1. The Morgan fingerprint density at radius 3 is 2.50 bits per heavy atom. The lowest BCUT2D eigenvalue weighted by atomic mass is 9.65. The number of carboxylic acid groups (broad SMARTS) is 1. The average molecular weight is 196 g/mol. The van der Waals surface area contributed by atoms with Gasteiger partial charge in [-0.25, -0.2) is 0 Å². The zero-order valence-electron chi connectivity index (χ0n) is 9.29. The van der Waals surface area contributed by atoms with Crippen molar-refractivity contribution in [3.63, 3.8) is 0 Å². The van der Waals surface area contributed by atoms with Crippen molar-refractivity contribution >= 4 is 5.97 Å². The first-order chi connectivity index (χ1) is 6.44. The highest BCUT2D eigenvalue weighted by molar-refractivity contribution is 5.67. The maximum atomic E-state index is 10.8. The number of rotatable bonds is 2. The van der Waals surface area contributed by atoms with E-state index in [-0.39, 0.29) is 5.41 Å². The van der Waals surface area contributed by atoms with Crippen LogP contribution in [0.5, 0.6) is 0 Å². The largest absolute Gasteiger partial charge is 0.481 e. The predicted octanol–water partition coefficient (Wildman–Crippen LogP) is 2.78. The monoisotopic (exact) mass is 196 g/mol. The molecule has 2 bridgehead atoms. The van der Waals surface area contributed by atoms with Crippen LogP contribution in [0.25, 0.3) is 0 Å². The summed E-state index contributed by atoms with van der Waals surface area (Å²) in [4.78, 5) is 10.8. The first kappa shape index (κ1) is 10.0. The van der Waals surface area contributed by atoms with Crippen molar-refractivity contribution in [1.29, 1.82) is 0 Å². The van der Waals surface area contributed by atoms with Gasteiger partial charge in [0.25, 0.3) is 0 Å². The van der Waals surface area contributed by atoms with Crippen molar-refractivity contribution in [1.82, 2.24) is 0 Å². The van der Waals surface area contributed by atoms with Gasteiger partial charge < -0.3 is 5.11 Å². The molecule has 2 nitrogen and oxygen atoms in total. The molecule has 0 aliphatic heterocycles. The molecule has 5 atom stereocenters. The Morgan fingerprint density at radius 2 is 2.07 bits per heavy atom. The van der Waals surface area contributed by atoms with Crippen molar-refractivity contribution in [2.24, 2.45) is 29.1 Å². The van der Waals surface area contributed by atoms with Crippen LogP contribution in [0.15, 0.2) is 0 Å². The molecule has 2 aliphatic rings. The molecule has 0 amide bonds. The third-order valence-corrected chi connectivity index (χ3v) is 4.94. The van der Waals surface area contributed by atoms with Gasteiger partial charge in [-0.3, -0.25) is 4.79 Å². The van der Waals surface area contributed by atoms with Gasteiger partial charge in [-0.2, -0.15) is 0 Å². The molecule has 0 heterocycles. The highest BCUT2D eigenvalue weighted by Crippen LogP contribution is 2.62. The highest BCUT2D eigenvalue weighted by Gasteiger charge is 2.55. The summed E-state index contributed by atoms with van der Waals surface area (Å²) in [6.45, 7) is 6.80. The van der Waals surface area contributed by atoms with E-state index in [4.69, 9.17) is 5.11 Å². The van der Waals surface area contributed by atoms with Gasteiger partial charge in [-0.05, 0) is 41.9 Å². The maximum absolute atomic E-state index is 10.8. The summed E-state index contributed by atoms with van der Waals surface area (Å²) in [5.74, 6) is 2.35. The molecule has 1 N–H and O–H groups in total. The van der Waals surface area contributed by atoms with Crippen LogP contribution >= 0.6 is 0 Å². The summed E-state index contributed by atoms with van der Waals surface area (Å²) in [6, 6.07) is 0. The van der Waals surface area contributed by atoms with Gasteiger partial charge in [0.2, 0.25) is 0 Å². The minimum absolute atomic E-state index is 0.0857. The van der Waals surface area contributed by atoms with E-state index in [1.54, 1.807) is 0 Å². The second-order valence-corrected chi connectivity index (χ2v) is 5.75. The second-order valence-electron chi connectivity index (χ2n) is 5.75. The first-order valence-electron chi connectivity index (χ1n) is 5.66. The van der Waals surface area contributed by atoms with Gasteiger partial charge in [-0.1, -0.05) is 20.8 Å². The molecule has 0 radical (unpaired) electrons. The highest BCUT2D eigenvalue weighted by atomic mass is 16.4. The standard InChI is InChI=1S/C12H20O2/c1-7-8(2)10-4-9(7)5-12(10,3)6-11(13)14/h7-10H,4-6H2,1-3H3,(H,13,14).